The van der Waals surface area contributed by atoms with E-state index in [1.165, 1.54) is 11.4 Å². The number of rotatable bonds is 3. The smallest absolute Gasteiger partial charge is 0.254 e. The van der Waals surface area contributed by atoms with E-state index in [4.69, 9.17) is 4.74 Å². The summed E-state index contributed by atoms with van der Waals surface area (Å²) in [5.74, 6) is -0.365. The molecule has 106 valence electrons. The first-order chi connectivity index (χ1) is 8.98. The molecule has 9 heteroatoms. The molecule has 1 fully saturated rings. The monoisotopic (exact) mass is 368 g/mol. The highest BCUT2D eigenvalue weighted by molar-refractivity contribution is 9.10. The van der Waals surface area contributed by atoms with Crippen LogP contribution in [0.3, 0.4) is 0 Å². The van der Waals surface area contributed by atoms with E-state index in [-0.39, 0.29) is 29.9 Å². The van der Waals surface area contributed by atoms with Crippen LogP contribution in [0, 0.1) is 0 Å². The Hall–Kier alpha value is -0.480. The van der Waals surface area contributed by atoms with Crippen LogP contribution in [0.1, 0.15) is 0 Å². The number of amides is 1. The van der Waals surface area contributed by atoms with E-state index >= 15 is 0 Å². The summed E-state index contributed by atoms with van der Waals surface area (Å²) in [7, 11) is -2.21. The van der Waals surface area contributed by atoms with Crippen molar-refractivity contribution in [3.05, 3.63) is 15.9 Å². The molecule has 0 aromatic carbocycles. The average molecular weight is 369 g/mol. The zero-order valence-electron chi connectivity index (χ0n) is 10.1. The van der Waals surface area contributed by atoms with Gasteiger partial charge in [-0.3, -0.25) is 4.79 Å². The van der Waals surface area contributed by atoms with Crippen molar-refractivity contribution in [2.75, 3.05) is 26.8 Å². The Morgan fingerprint density at radius 1 is 1.63 bits per heavy atom. The van der Waals surface area contributed by atoms with E-state index in [1.807, 2.05) is 0 Å². The number of carbonyl (C=O) groups excluding carboxylic acids is 1. The summed E-state index contributed by atoms with van der Waals surface area (Å²) in [5.41, 5.74) is 0. The van der Waals surface area contributed by atoms with Crippen LogP contribution in [0.5, 0.6) is 0 Å². The number of thiophene rings is 1. The highest BCUT2D eigenvalue weighted by atomic mass is 79.9. The third-order valence-corrected chi connectivity index (χ3v) is 7.31. The van der Waals surface area contributed by atoms with Crippen LogP contribution in [-0.2, 0) is 19.6 Å². The van der Waals surface area contributed by atoms with Crippen molar-refractivity contribution < 1.29 is 17.9 Å². The maximum atomic E-state index is 12.6. The zero-order chi connectivity index (χ0) is 14.0. The maximum absolute atomic E-state index is 12.6. The number of morpholine rings is 1. The van der Waals surface area contributed by atoms with Crippen LogP contribution in [0.25, 0.3) is 0 Å². The summed E-state index contributed by atoms with van der Waals surface area (Å²) in [5, 5.41) is 4.15. The minimum Gasteiger partial charge on any atom is -0.378 e. The lowest BCUT2D eigenvalue weighted by molar-refractivity contribution is -0.128. The molecule has 1 atom stereocenters. The minimum atomic E-state index is -3.69. The van der Waals surface area contributed by atoms with Gasteiger partial charge in [0.1, 0.15) is 10.3 Å². The fourth-order valence-corrected chi connectivity index (χ4v) is 5.80. The Kier molecular flexibility index (Phi) is 4.62. The number of nitrogens with zero attached hydrogens (tertiary/aromatic N) is 1. The van der Waals surface area contributed by atoms with E-state index in [9.17, 15) is 13.2 Å². The summed E-state index contributed by atoms with van der Waals surface area (Å²) >= 11 is 4.34. The molecular formula is C10H13BrN2O4S2. The van der Waals surface area contributed by atoms with Gasteiger partial charge in [0.25, 0.3) is 10.0 Å². The van der Waals surface area contributed by atoms with Gasteiger partial charge in [-0.25, -0.2) is 8.42 Å². The van der Waals surface area contributed by atoms with Crippen LogP contribution >= 0.6 is 27.3 Å². The van der Waals surface area contributed by atoms with Gasteiger partial charge in [0, 0.05) is 18.1 Å². The maximum Gasteiger partial charge on any atom is 0.254 e. The van der Waals surface area contributed by atoms with Gasteiger partial charge in [-0.2, -0.15) is 4.31 Å². The lowest BCUT2D eigenvalue weighted by Gasteiger charge is -2.32. The van der Waals surface area contributed by atoms with Crippen molar-refractivity contribution in [3.8, 4) is 0 Å². The Bertz CT molecular complexity index is 572. The molecule has 1 saturated heterocycles. The standard InChI is InChI=1S/C10H13BrN2O4S2/c1-12-9(14)8-6-17-4-3-13(8)19(15,16)10-7(11)2-5-18-10/h2,5,8H,3-4,6H2,1H3,(H,12,14). The molecule has 1 aromatic rings. The lowest BCUT2D eigenvalue weighted by Crippen LogP contribution is -2.55. The van der Waals surface area contributed by atoms with Crippen LogP contribution in [0.4, 0.5) is 0 Å². The van der Waals surface area contributed by atoms with Crippen molar-refractivity contribution in [1.82, 2.24) is 9.62 Å². The Morgan fingerprint density at radius 2 is 2.37 bits per heavy atom. The molecule has 1 aliphatic heterocycles. The molecule has 1 amide bonds. The molecule has 0 spiro atoms. The number of ether oxygens (including phenoxy) is 1. The summed E-state index contributed by atoms with van der Waals surface area (Å²) < 4.78 is 32.3. The van der Waals surface area contributed by atoms with Gasteiger partial charge >= 0.3 is 0 Å². The third-order valence-electron chi connectivity index (χ3n) is 2.76. The van der Waals surface area contributed by atoms with E-state index in [0.29, 0.717) is 4.47 Å². The first-order valence-electron chi connectivity index (χ1n) is 5.52. The number of sulfonamides is 1. The van der Waals surface area contributed by atoms with Gasteiger partial charge in [-0.1, -0.05) is 0 Å². The quantitative estimate of drug-likeness (QED) is 0.849. The Balaban J connectivity index is 2.37. The largest absolute Gasteiger partial charge is 0.378 e. The Morgan fingerprint density at radius 3 is 2.95 bits per heavy atom. The molecule has 19 heavy (non-hydrogen) atoms. The average Bonchev–Trinajstić information content (AvgIpc) is 2.85. The molecule has 6 nitrogen and oxygen atoms in total. The van der Waals surface area contributed by atoms with Crippen LogP contribution < -0.4 is 5.32 Å². The number of carbonyl (C=O) groups is 1. The zero-order valence-corrected chi connectivity index (χ0v) is 13.3. The second kappa shape index (κ2) is 5.88. The van der Waals surface area contributed by atoms with Gasteiger partial charge in [-0.15, -0.1) is 11.3 Å². The normalized spacial score (nSPS) is 21.3. The van der Waals surface area contributed by atoms with Crippen LogP contribution in [0.15, 0.2) is 20.1 Å². The number of hydrogen-bond donors (Lipinski definition) is 1. The van der Waals surface area contributed by atoms with Crippen molar-refractivity contribution in [2.45, 2.75) is 10.3 Å². The lowest BCUT2D eigenvalue weighted by atomic mass is 10.2. The van der Waals surface area contributed by atoms with Gasteiger partial charge in [-0.05, 0) is 27.4 Å². The molecule has 2 rings (SSSR count). The predicted molar refractivity (Wildman–Crippen MR) is 74.6 cm³/mol. The third kappa shape index (κ3) is 2.84. The molecule has 1 aromatic heterocycles. The molecule has 0 radical (unpaired) electrons. The molecule has 0 bridgehead atoms. The first-order valence-corrected chi connectivity index (χ1v) is 8.64. The molecular weight excluding hydrogens is 356 g/mol. The van der Waals surface area contributed by atoms with E-state index < -0.39 is 16.1 Å². The number of nitrogens with one attached hydrogen (secondary N) is 1. The van der Waals surface area contributed by atoms with Crippen LogP contribution in [0.2, 0.25) is 0 Å². The van der Waals surface area contributed by atoms with Crippen molar-refractivity contribution in [1.29, 1.82) is 0 Å². The fourth-order valence-electron chi connectivity index (χ4n) is 1.82. The van der Waals surface area contributed by atoms with Gasteiger partial charge in [0.05, 0.1) is 13.2 Å². The van der Waals surface area contributed by atoms with E-state index in [0.717, 1.165) is 11.3 Å². The SMILES string of the molecule is CNC(=O)C1COCCN1S(=O)(=O)c1sccc1Br. The van der Waals surface area contributed by atoms with Crippen molar-refractivity contribution in [2.24, 2.45) is 0 Å². The predicted octanol–water partition coefficient (Wildman–Crippen LogP) is 0.646. The van der Waals surface area contributed by atoms with Crippen molar-refractivity contribution >= 4 is 43.2 Å². The van der Waals surface area contributed by atoms with E-state index in [1.54, 1.807) is 11.4 Å². The summed E-state index contributed by atoms with van der Waals surface area (Å²) in [6.07, 6.45) is 0. The second-order valence-electron chi connectivity index (χ2n) is 3.88. The molecule has 0 saturated carbocycles. The highest BCUT2D eigenvalue weighted by Crippen LogP contribution is 2.31. The second-order valence-corrected chi connectivity index (χ2v) is 7.73. The molecule has 0 aliphatic carbocycles. The molecule has 1 N–H and O–H groups in total. The van der Waals surface area contributed by atoms with Gasteiger partial charge in [0.2, 0.25) is 5.91 Å². The van der Waals surface area contributed by atoms with Gasteiger partial charge < -0.3 is 10.1 Å². The molecule has 1 unspecified atom stereocenters. The van der Waals surface area contributed by atoms with Gasteiger partial charge in [0.15, 0.2) is 0 Å². The summed E-state index contributed by atoms with van der Waals surface area (Å²) in [4.78, 5) is 11.8. The van der Waals surface area contributed by atoms with E-state index in [2.05, 4.69) is 21.2 Å². The highest BCUT2D eigenvalue weighted by Gasteiger charge is 2.39. The summed E-state index contributed by atoms with van der Waals surface area (Å²) in [6.45, 7) is 0.530. The fraction of sp³-hybridized carbons (Fsp3) is 0.500. The topological polar surface area (TPSA) is 75.7 Å². The molecule has 2 heterocycles. The molecule has 1 aliphatic rings. The summed E-state index contributed by atoms with van der Waals surface area (Å²) in [6, 6.07) is 0.852. The number of likely N-dealkylation sites (N-methyl/N-ethyl adjacent to an activating group) is 1. The number of hydrogen-bond acceptors (Lipinski definition) is 5. The Labute approximate surface area is 123 Å². The number of halogens is 1. The minimum absolute atomic E-state index is 0.0713. The van der Waals surface area contributed by atoms with Crippen LogP contribution in [-0.4, -0.2) is 51.5 Å². The van der Waals surface area contributed by atoms with Crippen molar-refractivity contribution in [3.63, 3.8) is 0 Å². The first kappa shape index (κ1) is 14.9.